The highest BCUT2D eigenvalue weighted by atomic mass is 35.5. The molecule has 2 aromatic rings. The molecule has 2 bridgehead atoms. The van der Waals surface area contributed by atoms with Crippen molar-refractivity contribution in [1.29, 1.82) is 0 Å². The van der Waals surface area contributed by atoms with Crippen LogP contribution < -0.4 is 0 Å². The second-order valence-corrected chi connectivity index (χ2v) is 7.52. The van der Waals surface area contributed by atoms with Crippen LogP contribution in [0.5, 0.6) is 0 Å². The van der Waals surface area contributed by atoms with Crippen molar-refractivity contribution >= 4 is 23.2 Å². The molecule has 0 spiro atoms. The highest BCUT2D eigenvalue weighted by Crippen LogP contribution is 2.37. The van der Waals surface area contributed by atoms with E-state index < -0.39 is 37.0 Å². The zero-order valence-electron chi connectivity index (χ0n) is 14.8. The first-order valence-electron chi connectivity index (χ1n) is 8.93. The van der Waals surface area contributed by atoms with Gasteiger partial charge in [-0.25, -0.2) is 0 Å². The van der Waals surface area contributed by atoms with Gasteiger partial charge in [0, 0.05) is 21.2 Å². The molecule has 2 heterocycles. The quantitative estimate of drug-likeness (QED) is 0.767. The maximum absolute atomic E-state index is 10.6. The van der Waals surface area contributed by atoms with Gasteiger partial charge in [0.2, 0.25) is 0 Å². The molecule has 2 fully saturated rings. The van der Waals surface area contributed by atoms with Gasteiger partial charge in [-0.3, -0.25) is 0 Å². The van der Waals surface area contributed by atoms with Crippen LogP contribution in [0.1, 0.15) is 23.7 Å². The van der Waals surface area contributed by atoms with Crippen LogP contribution in [0.4, 0.5) is 0 Å². The minimum absolute atomic E-state index is 0.0184. The van der Waals surface area contributed by atoms with E-state index in [4.69, 9.17) is 42.1 Å². The Morgan fingerprint density at radius 1 is 0.750 bits per heavy atom. The Labute approximate surface area is 172 Å². The number of aliphatic hydroxyl groups is 2. The van der Waals surface area contributed by atoms with Crippen molar-refractivity contribution < 1.29 is 29.2 Å². The van der Waals surface area contributed by atoms with E-state index >= 15 is 0 Å². The molecule has 2 aliphatic heterocycles. The molecule has 2 saturated heterocycles. The fourth-order valence-electron chi connectivity index (χ4n) is 3.33. The Kier molecular flexibility index (Phi) is 6.20. The van der Waals surface area contributed by atoms with E-state index in [-0.39, 0.29) is 13.2 Å². The molecule has 8 heteroatoms. The average molecular weight is 427 g/mol. The topological polar surface area (TPSA) is 77.4 Å². The van der Waals surface area contributed by atoms with Crippen LogP contribution in [0, 0.1) is 0 Å². The van der Waals surface area contributed by atoms with E-state index in [9.17, 15) is 10.2 Å². The lowest BCUT2D eigenvalue weighted by atomic mass is 10.0. The number of rotatable bonds is 2. The maximum atomic E-state index is 10.6. The van der Waals surface area contributed by atoms with Crippen LogP contribution in [0.3, 0.4) is 0 Å². The molecular weight excluding hydrogens is 407 g/mol. The molecule has 0 aromatic heterocycles. The molecule has 150 valence electrons. The van der Waals surface area contributed by atoms with Crippen molar-refractivity contribution in [2.45, 2.75) is 37.0 Å². The summed E-state index contributed by atoms with van der Waals surface area (Å²) in [4.78, 5) is 0. The van der Waals surface area contributed by atoms with E-state index in [0.29, 0.717) is 21.2 Å². The molecule has 0 radical (unpaired) electrons. The van der Waals surface area contributed by atoms with Gasteiger partial charge in [-0.15, -0.1) is 0 Å². The van der Waals surface area contributed by atoms with Crippen LogP contribution in [0.15, 0.2) is 48.5 Å². The lowest BCUT2D eigenvalue weighted by Crippen LogP contribution is -2.54. The van der Waals surface area contributed by atoms with Crippen molar-refractivity contribution in [3.8, 4) is 0 Å². The lowest BCUT2D eigenvalue weighted by Gasteiger charge is -2.40. The molecule has 2 aromatic carbocycles. The van der Waals surface area contributed by atoms with Gasteiger partial charge < -0.3 is 29.2 Å². The first kappa shape index (κ1) is 20.1. The smallest absolute Gasteiger partial charge is 0.186 e. The molecule has 2 unspecified atom stereocenters. The van der Waals surface area contributed by atoms with Gasteiger partial charge in [-0.1, -0.05) is 59.6 Å². The average Bonchev–Trinajstić information content (AvgIpc) is 2.72. The molecule has 0 aliphatic carbocycles. The fourth-order valence-corrected chi connectivity index (χ4v) is 3.78. The van der Waals surface area contributed by atoms with Crippen LogP contribution >= 0.6 is 23.2 Å². The second kappa shape index (κ2) is 8.65. The van der Waals surface area contributed by atoms with Gasteiger partial charge in [0.25, 0.3) is 0 Å². The standard InChI is InChI=1S/C20H20Cl2O6/c21-13-7-3-1-5-11(13)19-25-9-15(23)18-17(24)16(10-26-19)27-20(28-18)12-6-2-4-8-14(12)22/h1-8,15-20,23-24H,9-10H2/t15-,16+,17-,18-,19?,20?/m0/s1. The van der Waals surface area contributed by atoms with E-state index in [1.807, 2.05) is 12.1 Å². The summed E-state index contributed by atoms with van der Waals surface area (Å²) in [6, 6.07) is 14.2. The molecule has 6 atom stereocenters. The Bertz CT molecular complexity index is 819. The van der Waals surface area contributed by atoms with Crippen LogP contribution in [0.2, 0.25) is 10.0 Å². The van der Waals surface area contributed by atoms with Crippen molar-refractivity contribution in [1.82, 2.24) is 0 Å². The highest BCUT2D eigenvalue weighted by Gasteiger charge is 2.44. The van der Waals surface area contributed by atoms with E-state index in [1.54, 1.807) is 36.4 Å². The zero-order valence-corrected chi connectivity index (χ0v) is 16.3. The van der Waals surface area contributed by atoms with Crippen LogP contribution in [0.25, 0.3) is 0 Å². The third-order valence-electron chi connectivity index (χ3n) is 4.82. The van der Waals surface area contributed by atoms with E-state index in [1.165, 1.54) is 0 Å². The minimum atomic E-state index is -1.10. The molecule has 2 N–H and O–H groups in total. The van der Waals surface area contributed by atoms with E-state index in [0.717, 1.165) is 0 Å². The third-order valence-corrected chi connectivity index (χ3v) is 5.51. The maximum Gasteiger partial charge on any atom is 0.186 e. The second-order valence-electron chi connectivity index (χ2n) is 6.71. The molecule has 28 heavy (non-hydrogen) atoms. The predicted molar refractivity (Wildman–Crippen MR) is 102 cm³/mol. The van der Waals surface area contributed by atoms with Crippen LogP contribution in [-0.4, -0.2) is 47.8 Å². The Morgan fingerprint density at radius 3 is 1.96 bits per heavy atom. The minimum Gasteiger partial charge on any atom is -0.388 e. The van der Waals surface area contributed by atoms with Gasteiger partial charge in [-0.05, 0) is 12.1 Å². The number of hydrogen-bond donors (Lipinski definition) is 2. The summed E-state index contributed by atoms with van der Waals surface area (Å²) < 4.78 is 23.3. The first-order valence-corrected chi connectivity index (χ1v) is 9.69. The van der Waals surface area contributed by atoms with Gasteiger partial charge in [0.15, 0.2) is 12.6 Å². The normalized spacial score (nSPS) is 33.6. The fraction of sp³-hybridized carbons (Fsp3) is 0.400. The molecular formula is C20H20Cl2O6. The summed E-state index contributed by atoms with van der Waals surface area (Å²) in [6.45, 7) is -0.0931. The highest BCUT2D eigenvalue weighted by molar-refractivity contribution is 6.31. The first-order chi connectivity index (χ1) is 13.5. The van der Waals surface area contributed by atoms with Crippen LogP contribution in [-0.2, 0) is 18.9 Å². The molecule has 2 aliphatic rings. The summed E-state index contributed by atoms with van der Waals surface area (Å²) in [5, 5.41) is 22.2. The molecule has 4 rings (SSSR count). The number of aliphatic hydroxyl groups excluding tert-OH is 2. The van der Waals surface area contributed by atoms with Crippen molar-refractivity contribution in [3.63, 3.8) is 0 Å². The Morgan fingerprint density at radius 2 is 1.32 bits per heavy atom. The Balaban J connectivity index is 1.60. The summed E-state index contributed by atoms with van der Waals surface area (Å²) in [5.74, 6) is 0. The summed E-state index contributed by atoms with van der Waals surface area (Å²) >= 11 is 12.5. The summed E-state index contributed by atoms with van der Waals surface area (Å²) in [7, 11) is 0. The number of benzene rings is 2. The predicted octanol–water partition coefficient (Wildman–Crippen LogP) is 3.24. The van der Waals surface area contributed by atoms with Gasteiger partial charge in [0.05, 0.1) is 13.2 Å². The summed E-state index contributed by atoms with van der Waals surface area (Å²) in [5.41, 5.74) is 1.24. The number of ether oxygens (including phenoxy) is 4. The number of fused-ring (bicyclic) bond motifs is 2. The third kappa shape index (κ3) is 4.06. The lowest BCUT2D eigenvalue weighted by molar-refractivity contribution is -0.308. The zero-order chi connectivity index (χ0) is 19.7. The largest absolute Gasteiger partial charge is 0.388 e. The van der Waals surface area contributed by atoms with Gasteiger partial charge in [-0.2, -0.15) is 0 Å². The molecule has 6 nitrogen and oxygen atoms in total. The van der Waals surface area contributed by atoms with Gasteiger partial charge >= 0.3 is 0 Å². The van der Waals surface area contributed by atoms with Gasteiger partial charge in [0.1, 0.15) is 24.4 Å². The molecule has 0 saturated carbocycles. The summed E-state index contributed by atoms with van der Waals surface area (Å²) in [6.07, 6.45) is -5.52. The van der Waals surface area contributed by atoms with E-state index in [2.05, 4.69) is 0 Å². The monoisotopic (exact) mass is 426 g/mol. The number of hydrogen-bond acceptors (Lipinski definition) is 6. The SMILES string of the molecule is O[C@@H]1[C@H]2OC(c3ccccc3Cl)O[C@@H]1COC(c1ccccc1Cl)OC[C@@H]2O. The number of halogens is 2. The van der Waals surface area contributed by atoms with Crippen molar-refractivity contribution in [2.24, 2.45) is 0 Å². The Hall–Kier alpha value is -1.22. The molecule has 0 amide bonds. The van der Waals surface area contributed by atoms with Crippen molar-refractivity contribution in [2.75, 3.05) is 13.2 Å². The van der Waals surface area contributed by atoms with Crippen molar-refractivity contribution in [3.05, 3.63) is 69.7 Å².